The molecule has 12 rings (SSSR count). The maximum absolute atomic E-state index is 4.04. The normalized spacial score (nSPS) is 16.4. The fourth-order valence-corrected chi connectivity index (χ4v) is 12.1. The molecule has 1 aliphatic carbocycles. The molecule has 0 bridgehead atoms. The number of benzene rings is 8. The topological polar surface area (TPSA) is 15.3 Å². The zero-order valence-electron chi connectivity index (χ0n) is 35.8. The van der Waals surface area contributed by atoms with Crippen molar-refractivity contribution in [2.24, 2.45) is 0 Å². The Morgan fingerprint density at radius 2 is 1.21 bits per heavy atom. The highest BCUT2D eigenvalue weighted by atomic mass is 32.1. The van der Waals surface area contributed by atoms with Crippen molar-refractivity contribution in [3.05, 3.63) is 174 Å². The lowest BCUT2D eigenvalue weighted by atomic mass is 9.55. The summed E-state index contributed by atoms with van der Waals surface area (Å²) in [5.41, 5.74) is 19.2. The minimum atomic E-state index is -0.187. The van der Waals surface area contributed by atoms with E-state index in [4.69, 9.17) is 0 Å². The van der Waals surface area contributed by atoms with E-state index in [9.17, 15) is 0 Å². The van der Waals surface area contributed by atoms with Gasteiger partial charge in [-0.15, -0.1) is 11.3 Å². The summed E-state index contributed by atoms with van der Waals surface area (Å²) in [5.74, 6) is 0. The van der Waals surface area contributed by atoms with Crippen LogP contribution in [0.5, 0.6) is 0 Å². The second-order valence-corrected chi connectivity index (χ2v) is 20.6. The standard InChI is InChI=1S/C57H48BN2S/c1-55(2)27-28-56(3,4)45-33-48(59-38-25-23-35(24-26-38)34-15-8-7-9-16-34)40(32-44(45)55)41-31-42-39-19-12-13-22-50(39)61-54(42)53-51(41)58-47-21-14-20-43-52(47)60(53)49-30-37-18-11-10-17-36(37)29-46(49)57(43,5)6/h7-26,29-33,59H,27-28H2,1-6H3. The first-order chi connectivity index (χ1) is 29.5. The minimum absolute atomic E-state index is 0.0400. The van der Waals surface area contributed by atoms with Gasteiger partial charge in [0.1, 0.15) is 0 Å². The van der Waals surface area contributed by atoms with E-state index < -0.39 is 0 Å². The van der Waals surface area contributed by atoms with E-state index in [1.807, 2.05) is 11.3 Å². The van der Waals surface area contributed by atoms with Gasteiger partial charge in [-0.05, 0) is 127 Å². The molecular formula is C57H48BN2S. The van der Waals surface area contributed by atoms with E-state index in [0.29, 0.717) is 0 Å². The van der Waals surface area contributed by atoms with Crippen molar-refractivity contribution in [2.75, 3.05) is 10.2 Å². The maximum Gasteiger partial charge on any atom is 0.197 e. The van der Waals surface area contributed by atoms with Gasteiger partial charge in [-0.3, -0.25) is 0 Å². The lowest BCUT2D eigenvalue weighted by molar-refractivity contribution is 0.332. The first kappa shape index (κ1) is 36.7. The molecule has 1 aromatic heterocycles. The van der Waals surface area contributed by atoms with Crippen molar-refractivity contribution in [1.82, 2.24) is 0 Å². The zero-order valence-corrected chi connectivity index (χ0v) is 36.6. The van der Waals surface area contributed by atoms with Gasteiger partial charge in [-0.1, -0.05) is 150 Å². The van der Waals surface area contributed by atoms with Crippen LogP contribution in [0, 0.1) is 0 Å². The van der Waals surface area contributed by atoms with Crippen molar-refractivity contribution in [1.29, 1.82) is 0 Å². The van der Waals surface area contributed by atoms with Crippen LogP contribution in [0.4, 0.5) is 28.4 Å². The van der Waals surface area contributed by atoms with Crippen molar-refractivity contribution in [2.45, 2.75) is 70.6 Å². The number of nitrogens with one attached hydrogen (secondary N) is 1. The Morgan fingerprint density at radius 1 is 0.541 bits per heavy atom. The summed E-state index contributed by atoms with van der Waals surface area (Å²) in [6, 6.07) is 57.0. The molecule has 2 aliphatic heterocycles. The quantitative estimate of drug-likeness (QED) is 0.178. The van der Waals surface area contributed by atoms with Crippen molar-refractivity contribution in [3.63, 3.8) is 0 Å². The highest BCUT2D eigenvalue weighted by Gasteiger charge is 2.43. The highest BCUT2D eigenvalue weighted by molar-refractivity contribution is 7.26. The number of fused-ring (bicyclic) bond motifs is 10. The largest absolute Gasteiger partial charge is 0.355 e. The molecule has 0 saturated heterocycles. The van der Waals surface area contributed by atoms with Crippen LogP contribution in [0.25, 0.3) is 53.2 Å². The van der Waals surface area contributed by atoms with Gasteiger partial charge < -0.3 is 10.2 Å². The van der Waals surface area contributed by atoms with Gasteiger partial charge in [0.05, 0.1) is 16.1 Å². The van der Waals surface area contributed by atoms with Crippen LogP contribution in [-0.4, -0.2) is 7.28 Å². The number of nitrogens with zero attached hydrogens (tertiary/aromatic N) is 1. The molecular weight excluding hydrogens is 756 g/mol. The molecule has 0 saturated carbocycles. The second kappa shape index (κ2) is 13.0. The van der Waals surface area contributed by atoms with E-state index >= 15 is 0 Å². The Balaban J connectivity index is 1.16. The molecule has 3 aliphatic rings. The van der Waals surface area contributed by atoms with Crippen LogP contribution in [0.1, 0.15) is 76.6 Å². The Morgan fingerprint density at radius 3 is 1.98 bits per heavy atom. The van der Waals surface area contributed by atoms with E-state index in [-0.39, 0.29) is 16.2 Å². The van der Waals surface area contributed by atoms with Crippen LogP contribution >= 0.6 is 11.3 Å². The van der Waals surface area contributed by atoms with E-state index in [1.54, 1.807) is 0 Å². The highest BCUT2D eigenvalue weighted by Crippen LogP contribution is 2.57. The zero-order chi connectivity index (χ0) is 41.4. The number of thiophene rings is 1. The van der Waals surface area contributed by atoms with Crippen LogP contribution in [0.3, 0.4) is 0 Å². The SMILES string of the molecule is CC1(C)CCC(C)(C)c2cc(-c3cc4c(sc5ccccc54)c4c3[B]c3cccc5c3N4c3cc4ccccc4cc3C5(C)C)c(Nc3ccc(-c4ccccc4)cc3)cc21. The summed E-state index contributed by atoms with van der Waals surface area (Å²) < 4.78 is 2.65. The Labute approximate surface area is 364 Å². The lowest BCUT2D eigenvalue weighted by Gasteiger charge is -2.46. The lowest BCUT2D eigenvalue weighted by Crippen LogP contribution is -2.45. The monoisotopic (exact) mass is 803 g/mol. The van der Waals surface area contributed by atoms with Gasteiger partial charge in [-0.2, -0.15) is 0 Å². The van der Waals surface area contributed by atoms with Crippen LogP contribution in [-0.2, 0) is 16.2 Å². The van der Waals surface area contributed by atoms with E-state index in [1.165, 1.54) is 103 Å². The number of hydrogen-bond acceptors (Lipinski definition) is 3. The van der Waals surface area contributed by atoms with Gasteiger partial charge in [0.2, 0.25) is 0 Å². The average molecular weight is 804 g/mol. The van der Waals surface area contributed by atoms with Gasteiger partial charge in [0, 0.05) is 43.5 Å². The minimum Gasteiger partial charge on any atom is -0.355 e. The fourth-order valence-electron chi connectivity index (χ4n) is 10.9. The summed E-state index contributed by atoms with van der Waals surface area (Å²) >= 11 is 1.93. The predicted molar refractivity (Wildman–Crippen MR) is 265 cm³/mol. The molecule has 0 atom stereocenters. The summed E-state index contributed by atoms with van der Waals surface area (Å²) in [6.45, 7) is 14.6. The Bertz CT molecular complexity index is 3280. The van der Waals surface area contributed by atoms with Crippen LogP contribution in [0.2, 0.25) is 0 Å². The summed E-state index contributed by atoms with van der Waals surface area (Å²) in [4.78, 5) is 2.66. The predicted octanol–water partition coefficient (Wildman–Crippen LogP) is 14.7. The average Bonchev–Trinajstić information content (AvgIpc) is 3.65. The molecule has 1 radical (unpaired) electrons. The first-order valence-electron chi connectivity index (χ1n) is 21.9. The Hall–Kier alpha value is -6.10. The molecule has 61 heavy (non-hydrogen) atoms. The molecule has 1 N–H and O–H groups in total. The number of rotatable bonds is 4. The third-order valence-electron chi connectivity index (χ3n) is 14.5. The van der Waals surface area contributed by atoms with Crippen molar-refractivity contribution in [3.8, 4) is 22.3 Å². The maximum atomic E-state index is 4.04. The number of anilines is 5. The third-order valence-corrected chi connectivity index (χ3v) is 15.7. The van der Waals surface area contributed by atoms with Gasteiger partial charge in [0.15, 0.2) is 7.28 Å². The van der Waals surface area contributed by atoms with Crippen LogP contribution < -0.4 is 21.1 Å². The summed E-state index contributed by atoms with van der Waals surface area (Å²) in [6.07, 6.45) is 2.31. The Kier molecular flexibility index (Phi) is 7.80. The molecule has 0 fully saturated rings. The third kappa shape index (κ3) is 5.47. The molecule has 4 heteroatoms. The first-order valence-corrected chi connectivity index (χ1v) is 22.7. The summed E-state index contributed by atoms with van der Waals surface area (Å²) in [7, 11) is 2.51. The van der Waals surface area contributed by atoms with E-state index in [0.717, 1.165) is 24.2 Å². The molecule has 295 valence electrons. The molecule has 9 aromatic rings. The number of hydrogen-bond donors (Lipinski definition) is 1. The fraction of sp³-hybridized carbons (Fsp3) is 0.193. The molecule has 0 amide bonds. The van der Waals surface area contributed by atoms with Gasteiger partial charge >= 0.3 is 0 Å². The smallest absolute Gasteiger partial charge is 0.197 e. The van der Waals surface area contributed by atoms with Gasteiger partial charge in [0.25, 0.3) is 0 Å². The second-order valence-electron chi connectivity index (χ2n) is 19.5. The molecule has 0 spiro atoms. The molecule has 2 nitrogen and oxygen atoms in total. The van der Waals surface area contributed by atoms with Gasteiger partial charge in [-0.25, -0.2) is 0 Å². The summed E-state index contributed by atoms with van der Waals surface area (Å²) in [5, 5.41) is 9.21. The van der Waals surface area contributed by atoms with E-state index in [2.05, 4.69) is 211 Å². The number of para-hydroxylation sites is 1. The van der Waals surface area contributed by atoms with Crippen molar-refractivity contribution >= 4 is 88.9 Å². The molecule has 3 heterocycles. The molecule has 8 aromatic carbocycles. The van der Waals surface area contributed by atoms with Crippen LogP contribution in [0.15, 0.2) is 152 Å². The van der Waals surface area contributed by atoms with Crippen molar-refractivity contribution < 1.29 is 0 Å². The molecule has 0 unspecified atom stereocenters.